The second kappa shape index (κ2) is 13.3. The first-order chi connectivity index (χ1) is 19.2. The smallest absolute Gasteiger partial charge is 0.395 e. The van der Waals surface area contributed by atoms with Gasteiger partial charge in [0.2, 0.25) is 0 Å². The molecule has 9 nitrogen and oxygen atoms in total. The quantitative estimate of drug-likeness (QED) is 0.176. The van der Waals surface area contributed by atoms with Crippen LogP contribution in [0.3, 0.4) is 0 Å². The van der Waals surface area contributed by atoms with Gasteiger partial charge in [0, 0.05) is 92.9 Å². The van der Waals surface area contributed by atoms with E-state index in [0.717, 1.165) is 11.8 Å². The van der Waals surface area contributed by atoms with Gasteiger partial charge in [0.1, 0.15) is 0 Å². The fourth-order valence-corrected chi connectivity index (χ4v) is 4.66. The highest BCUT2D eigenvalue weighted by Gasteiger charge is 2.41. The second-order valence-electron chi connectivity index (χ2n) is 10.4. The molecule has 0 aromatic heterocycles. The Labute approximate surface area is 239 Å². The Bertz CT molecular complexity index is 1250. The molecule has 41 heavy (non-hydrogen) atoms. The molecule has 0 radical (unpaired) electrons. The van der Waals surface area contributed by atoms with Crippen molar-refractivity contribution in [3.8, 4) is 0 Å². The van der Waals surface area contributed by atoms with E-state index < -0.39 is 18.0 Å². The molecule has 1 fully saturated rings. The first-order valence-corrected chi connectivity index (χ1v) is 13.3. The predicted octanol–water partition coefficient (Wildman–Crippen LogP) is 3.31. The lowest BCUT2D eigenvalue weighted by Gasteiger charge is -2.35. The number of hydrazine groups is 1. The monoisotopic (exact) mass is 575 g/mol. The van der Waals surface area contributed by atoms with Crippen LogP contribution < -0.4 is 16.9 Å². The van der Waals surface area contributed by atoms with Crippen molar-refractivity contribution in [1.82, 2.24) is 20.1 Å². The number of nitrogens with zero attached hydrogens (tertiary/aromatic N) is 4. The van der Waals surface area contributed by atoms with Crippen molar-refractivity contribution in [2.24, 2.45) is 28.4 Å². The average Bonchev–Trinajstić information content (AvgIpc) is 2.92. The third kappa shape index (κ3) is 7.92. The zero-order chi connectivity index (χ0) is 30.5. The molecule has 3 aliphatic rings. The molecule has 12 heteroatoms. The molecular weight excluding hydrogens is 535 g/mol. The summed E-state index contributed by atoms with van der Waals surface area (Å²) in [4.78, 5) is 21.2. The van der Waals surface area contributed by atoms with Crippen LogP contribution in [-0.2, 0) is 9.53 Å². The molecule has 224 valence electrons. The summed E-state index contributed by atoms with van der Waals surface area (Å²) in [5, 5.41) is 3.99. The molecule has 1 aliphatic heterocycles. The van der Waals surface area contributed by atoms with Gasteiger partial charge < -0.3 is 25.6 Å². The Hall–Kier alpha value is -3.77. The van der Waals surface area contributed by atoms with Crippen molar-refractivity contribution >= 4 is 12.1 Å². The Balaban J connectivity index is 1.89. The highest BCUT2D eigenvalue weighted by Crippen LogP contribution is 2.37. The standard InChI is InChI=1S/C29H40F3N7O2/c1-18-11-21(12-27(19(18)2)39(34)17-26(33)25(16-35-4)20(3)37(5)6)28(40)36-23-13-22(29(30,31)32)14-24(15-23)38-7-9-41-10-8-38/h11-13,15-17,19,22H,1,7-10,14,33-34H2,2-6H3,(H,36,40)/b25-20+,26-17-,35-16?. The number of amides is 1. The number of aliphatic imine (C=N–C) groups is 1. The molecule has 1 saturated heterocycles. The number of hydrogen-bond donors (Lipinski definition) is 3. The lowest BCUT2D eigenvalue weighted by Crippen LogP contribution is -2.39. The van der Waals surface area contributed by atoms with Gasteiger partial charge in [-0.25, -0.2) is 5.84 Å². The van der Waals surface area contributed by atoms with Crippen LogP contribution in [0.4, 0.5) is 13.2 Å². The summed E-state index contributed by atoms with van der Waals surface area (Å²) < 4.78 is 46.7. The van der Waals surface area contributed by atoms with E-state index in [1.807, 2.05) is 37.7 Å². The zero-order valence-corrected chi connectivity index (χ0v) is 24.3. The Morgan fingerprint density at radius 1 is 1.24 bits per heavy atom. The van der Waals surface area contributed by atoms with Crippen LogP contribution in [0.15, 0.2) is 87.3 Å². The van der Waals surface area contributed by atoms with Crippen LogP contribution >= 0.6 is 0 Å². The van der Waals surface area contributed by atoms with Gasteiger partial charge in [-0.05, 0) is 36.8 Å². The third-order valence-corrected chi connectivity index (χ3v) is 7.34. The molecule has 0 saturated carbocycles. The summed E-state index contributed by atoms with van der Waals surface area (Å²) in [5.41, 5.74) is 10.2. The Morgan fingerprint density at radius 2 is 1.90 bits per heavy atom. The molecule has 0 aromatic rings. The van der Waals surface area contributed by atoms with Crippen molar-refractivity contribution in [3.63, 3.8) is 0 Å². The van der Waals surface area contributed by atoms with Gasteiger partial charge in [0.05, 0.1) is 24.8 Å². The van der Waals surface area contributed by atoms with E-state index in [1.165, 1.54) is 11.2 Å². The van der Waals surface area contributed by atoms with E-state index in [1.54, 1.807) is 31.5 Å². The number of ether oxygens (including phenoxy) is 1. The van der Waals surface area contributed by atoms with Gasteiger partial charge >= 0.3 is 6.18 Å². The van der Waals surface area contributed by atoms with E-state index in [0.29, 0.717) is 54.5 Å². The Kier molecular flexibility index (Phi) is 10.3. The van der Waals surface area contributed by atoms with Gasteiger partial charge in [0.25, 0.3) is 5.91 Å². The number of morpholine rings is 1. The minimum Gasteiger partial charge on any atom is -0.397 e. The summed E-state index contributed by atoms with van der Waals surface area (Å²) in [5.74, 6) is 3.85. The van der Waals surface area contributed by atoms with Crippen LogP contribution in [0.1, 0.15) is 20.3 Å². The van der Waals surface area contributed by atoms with Crippen molar-refractivity contribution in [2.75, 3.05) is 47.4 Å². The van der Waals surface area contributed by atoms with Gasteiger partial charge in [-0.15, -0.1) is 0 Å². The molecule has 2 unspecified atom stereocenters. The maximum Gasteiger partial charge on any atom is 0.395 e. The maximum absolute atomic E-state index is 13.8. The number of nitrogens with one attached hydrogen (secondary N) is 1. The summed E-state index contributed by atoms with van der Waals surface area (Å²) >= 11 is 0. The second-order valence-corrected chi connectivity index (χ2v) is 10.4. The molecule has 0 aromatic carbocycles. The molecule has 2 atom stereocenters. The van der Waals surface area contributed by atoms with Crippen molar-refractivity contribution in [1.29, 1.82) is 0 Å². The number of allylic oxidation sites excluding steroid dienone is 7. The van der Waals surface area contributed by atoms with E-state index in [9.17, 15) is 18.0 Å². The summed E-state index contributed by atoms with van der Waals surface area (Å²) in [6, 6.07) is 0. The van der Waals surface area contributed by atoms with Crippen molar-refractivity contribution in [2.45, 2.75) is 26.4 Å². The van der Waals surface area contributed by atoms with E-state index in [2.05, 4.69) is 16.9 Å². The predicted molar refractivity (Wildman–Crippen MR) is 154 cm³/mol. The SMILES string of the molecule is C=C1C=C(C(=O)NC2=CC(C(F)(F)F)CC(N3CCOCC3)=C2)C=C(N(N)/C=C(N)/C(C=NC)=C(\C)N(C)C)C1C. The number of rotatable bonds is 8. The van der Waals surface area contributed by atoms with Crippen molar-refractivity contribution in [3.05, 3.63) is 82.3 Å². The molecule has 3 rings (SSSR count). The molecule has 2 aliphatic carbocycles. The summed E-state index contributed by atoms with van der Waals surface area (Å²) in [6.45, 7) is 9.69. The minimum absolute atomic E-state index is 0.0895. The lowest BCUT2D eigenvalue weighted by molar-refractivity contribution is -0.162. The fraction of sp³-hybridized carbons (Fsp3) is 0.448. The Morgan fingerprint density at radius 3 is 2.49 bits per heavy atom. The lowest BCUT2D eigenvalue weighted by atomic mass is 9.89. The van der Waals surface area contributed by atoms with Crippen LogP contribution in [0, 0.1) is 11.8 Å². The number of carbonyl (C=O) groups is 1. The van der Waals surface area contributed by atoms with Gasteiger partial charge in [-0.1, -0.05) is 13.5 Å². The first-order valence-electron chi connectivity index (χ1n) is 13.3. The number of halogens is 3. The summed E-state index contributed by atoms with van der Waals surface area (Å²) in [7, 11) is 5.41. The first kappa shape index (κ1) is 31.8. The molecule has 1 heterocycles. The minimum atomic E-state index is -4.45. The fourth-order valence-electron chi connectivity index (χ4n) is 4.66. The topological polar surface area (TPSA) is 112 Å². The van der Waals surface area contributed by atoms with Crippen molar-refractivity contribution < 1.29 is 22.7 Å². The highest BCUT2D eigenvalue weighted by atomic mass is 19.4. The third-order valence-electron chi connectivity index (χ3n) is 7.34. The van der Waals surface area contributed by atoms with E-state index in [4.69, 9.17) is 16.3 Å². The zero-order valence-electron chi connectivity index (χ0n) is 24.3. The van der Waals surface area contributed by atoms with Crippen LogP contribution in [0.2, 0.25) is 0 Å². The highest BCUT2D eigenvalue weighted by molar-refractivity contribution is 5.98. The van der Waals surface area contributed by atoms with Crippen LogP contribution in [-0.4, -0.2) is 80.6 Å². The average molecular weight is 576 g/mol. The van der Waals surface area contributed by atoms with E-state index in [-0.39, 0.29) is 23.6 Å². The summed E-state index contributed by atoms with van der Waals surface area (Å²) in [6.07, 6.45) is 4.39. The normalized spacial score (nSPS) is 22.9. The molecular formula is C29H40F3N7O2. The molecule has 1 amide bonds. The van der Waals surface area contributed by atoms with Crippen LogP contribution in [0.5, 0.6) is 0 Å². The number of hydrogen-bond acceptors (Lipinski definition) is 8. The van der Waals surface area contributed by atoms with Gasteiger partial charge in [-0.2, -0.15) is 13.2 Å². The van der Waals surface area contributed by atoms with Gasteiger partial charge in [0.15, 0.2) is 0 Å². The van der Waals surface area contributed by atoms with Gasteiger partial charge in [-0.3, -0.25) is 14.8 Å². The molecule has 0 spiro atoms. The largest absolute Gasteiger partial charge is 0.397 e. The molecule has 5 N–H and O–H groups in total. The van der Waals surface area contributed by atoms with E-state index >= 15 is 0 Å². The molecule has 0 bridgehead atoms. The number of carbonyl (C=O) groups excluding carboxylic acids is 1. The number of nitrogens with two attached hydrogens (primary N) is 2. The maximum atomic E-state index is 13.8. The van der Waals surface area contributed by atoms with Crippen LogP contribution in [0.25, 0.3) is 0 Å². The number of alkyl halides is 3.